The Labute approximate surface area is 93.3 Å². The molecule has 0 aromatic carbocycles. The molecule has 0 saturated carbocycles. The highest BCUT2D eigenvalue weighted by atomic mass is 16.5. The van der Waals surface area contributed by atoms with Crippen LogP contribution in [0.1, 0.15) is 23.0 Å². The van der Waals surface area contributed by atoms with Gasteiger partial charge in [0.05, 0.1) is 12.1 Å². The van der Waals surface area contributed by atoms with E-state index in [9.17, 15) is 4.79 Å². The Morgan fingerprint density at radius 2 is 2.19 bits per heavy atom. The number of hydrogen-bond acceptors (Lipinski definition) is 4. The van der Waals surface area contributed by atoms with Crippen molar-refractivity contribution in [2.24, 2.45) is 0 Å². The molecule has 0 bridgehead atoms. The molecule has 16 heavy (non-hydrogen) atoms. The molecule has 2 aromatic rings. The predicted octanol–water partition coefficient (Wildman–Crippen LogP) is 2.11. The van der Waals surface area contributed by atoms with Gasteiger partial charge in [0.15, 0.2) is 0 Å². The molecular formula is C12H12N2O2. The van der Waals surface area contributed by atoms with Crippen LogP contribution in [0.15, 0.2) is 24.5 Å². The number of rotatable bonds is 2. The van der Waals surface area contributed by atoms with Crippen molar-refractivity contribution >= 4 is 16.9 Å². The number of nitrogens with zero attached hydrogens (tertiary/aromatic N) is 2. The Kier molecular flexibility index (Phi) is 2.81. The summed E-state index contributed by atoms with van der Waals surface area (Å²) in [6, 6.07) is 3.48. The zero-order valence-electron chi connectivity index (χ0n) is 9.23. The number of hydrogen-bond donors (Lipinski definition) is 0. The molecule has 2 heterocycles. The first-order valence-corrected chi connectivity index (χ1v) is 5.11. The molecule has 2 aromatic heterocycles. The van der Waals surface area contributed by atoms with Crippen LogP contribution in [0.4, 0.5) is 0 Å². The van der Waals surface area contributed by atoms with Gasteiger partial charge in [0.1, 0.15) is 5.69 Å². The molecule has 0 fully saturated rings. The van der Waals surface area contributed by atoms with E-state index in [0.29, 0.717) is 12.3 Å². The molecule has 0 spiro atoms. The Bertz CT molecular complexity index is 538. The number of fused-ring (bicyclic) bond motifs is 1. The van der Waals surface area contributed by atoms with E-state index in [-0.39, 0.29) is 5.97 Å². The summed E-state index contributed by atoms with van der Waals surface area (Å²) in [6.45, 7) is 4.04. The van der Waals surface area contributed by atoms with Crippen molar-refractivity contribution < 1.29 is 9.53 Å². The SMILES string of the molecule is CCOC(=O)c1ccc2cncc(C)c2n1. The number of esters is 1. The largest absolute Gasteiger partial charge is 0.461 e. The fraction of sp³-hybridized carbons (Fsp3) is 0.250. The maximum absolute atomic E-state index is 11.5. The van der Waals surface area contributed by atoms with Crippen LogP contribution >= 0.6 is 0 Å². The fourth-order valence-electron chi connectivity index (χ4n) is 1.50. The Morgan fingerprint density at radius 3 is 2.94 bits per heavy atom. The van der Waals surface area contributed by atoms with Gasteiger partial charge >= 0.3 is 5.97 Å². The summed E-state index contributed by atoms with van der Waals surface area (Å²) >= 11 is 0. The van der Waals surface area contributed by atoms with Gasteiger partial charge < -0.3 is 4.74 Å². The van der Waals surface area contributed by atoms with E-state index in [1.165, 1.54) is 0 Å². The number of ether oxygens (including phenoxy) is 1. The van der Waals surface area contributed by atoms with Crippen molar-refractivity contribution in [1.82, 2.24) is 9.97 Å². The molecule has 0 N–H and O–H groups in total. The van der Waals surface area contributed by atoms with Gasteiger partial charge in [0.25, 0.3) is 0 Å². The summed E-state index contributed by atoms with van der Waals surface area (Å²) in [4.78, 5) is 19.8. The van der Waals surface area contributed by atoms with E-state index in [4.69, 9.17) is 4.74 Å². The summed E-state index contributed by atoms with van der Waals surface area (Å²) in [5, 5.41) is 0.924. The highest BCUT2D eigenvalue weighted by molar-refractivity contribution is 5.91. The van der Waals surface area contributed by atoms with Crippen molar-refractivity contribution in [3.8, 4) is 0 Å². The first-order valence-electron chi connectivity index (χ1n) is 5.11. The van der Waals surface area contributed by atoms with E-state index in [1.54, 1.807) is 25.4 Å². The minimum Gasteiger partial charge on any atom is -0.461 e. The fourth-order valence-corrected chi connectivity index (χ4v) is 1.50. The van der Waals surface area contributed by atoms with E-state index >= 15 is 0 Å². The Balaban J connectivity index is 2.51. The molecule has 0 amide bonds. The summed E-state index contributed by atoms with van der Waals surface area (Å²) < 4.78 is 4.90. The molecule has 82 valence electrons. The van der Waals surface area contributed by atoms with Gasteiger partial charge in [-0.05, 0) is 31.5 Å². The summed E-state index contributed by atoms with van der Waals surface area (Å²) in [7, 11) is 0. The lowest BCUT2D eigenvalue weighted by Gasteiger charge is -2.04. The second-order valence-corrected chi connectivity index (χ2v) is 3.45. The number of carbonyl (C=O) groups excluding carboxylic acids is 1. The van der Waals surface area contributed by atoms with Crippen LogP contribution < -0.4 is 0 Å². The normalized spacial score (nSPS) is 10.4. The average molecular weight is 216 g/mol. The van der Waals surface area contributed by atoms with E-state index in [2.05, 4.69) is 9.97 Å². The third-order valence-corrected chi connectivity index (χ3v) is 2.27. The Hall–Kier alpha value is -1.97. The van der Waals surface area contributed by atoms with Crippen molar-refractivity contribution in [3.63, 3.8) is 0 Å². The van der Waals surface area contributed by atoms with Gasteiger partial charge in [-0.25, -0.2) is 9.78 Å². The van der Waals surface area contributed by atoms with Gasteiger partial charge in [-0.3, -0.25) is 4.98 Å². The highest BCUT2D eigenvalue weighted by Crippen LogP contribution is 2.15. The number of pyridine rings is 2. The molecule has 4 nitrogen and oxygen atoms in total. The third-order valence-electron chi connectivity index (χ3n) is 2.27. The predicted molar refractivity (Wildman–Crippen MR) is 60.2 cm³/mol. The molecule has 4 heteroatoms. The number of carbonyl (C=O) groups is 1. The lowest BCUT2D eigenvalue weighted by Crippen LogP contribution is -2.07. The Morgan fingerprint density at radius 1 is 1.38 bits per heavy atom. The quantitative estimate of drug-likeness (QED) is 0.721. The highest BCUT2D eigenvalue weighted by Gasteiger charge is 2.09. The first-order chi connectivity index (χ1) is 7.72. The van der Waals surface area contributed by atoms with Crippen molar-refractivity contribution in [3.05, 3.63) is 35.8 Å². The molecular weight excluding hydrogens is 204 g/mol. The van der Waals surface area contributed by atoms with Gasteiger partial charge in [-0.15, -0.1) is 0 Å². The van der Waals surface area contributed by atoms with Gasteiger partial charge in [0.2, 0.25) is 0 Å². The minimum absolute atomic E-state index is 0.337. The van der Waals surface area contributed by atoms with Crippen LogP contribution in [0.3, 0.4) is 0 Å². The van der Waals surface area contributed by atoms with Crippen molar-refractivity contribution in [2.75, 3.05) is 6.61 Å². The third kappa shape index (κ3) is 1.86. The second-order valence-electron chi connectivity index (χ2n) is 3.45. The average Bonchev–Trinajstić information content (AvgIpc) is 2.29. The zero-order chi connectivity index (χ0) is 11.5. The molecule has 0 aliphatic rings. The van der Waals surface area contributed by atoms with Gasteiger partial charge in [0, 0.05) is 17.8 Å². The molecule has 0 atom stereocenters. The standard InChI is InChI=1S/C12H12N2O2/c1-3-16-12(15)10-5-4-9-7-13-6-8(2)11(9)14-10/h4-7H,3H2,1-2H3. The molecule has 2 rings (SSSR count). The van der Waals surface area contributed by atoms with Crippen LogP contribution in [-0.4, -0.2) is 22.5 Å². The zero-order valence-corrected chi connectivity index (χ0v) is 9.23. The molecule has 0 aliphatic carbocycles. The van der Waals surface area contributed by atoms with Gasteiger partial charge in [-0.1, -0.05) is 0 Å². The molecule has 0 unspecified atom stereocenters. The second kappa shape index (κ2) is 4.26. The van der Waals surface area contributed by atoms with Crippen LogP contribution in [0.5, 0.6) is 0 Å². The first kappa shape index (κ1) is 10.5. The smallest absolute Gasteiger partial charge is 0.356 e. The van der Waals surface area contributed by atoms with E-state index < -0.39 is 0 Å². The van der Waals surface area contributed by atoms with Crippen LogP contribution in [0.2, 0.25) is 0 Å². The molecule has 0 radical (unpaired) electrons. The topological polar surface area (TPSA) is 52.1 Å². The van der Waals surface area contributed by atoms with Crippen LogP contribution in [0.25, 0.3) is 10.9 Å². The molecule has 0 saturated heterocycles. The summed E-state index contributed by atoms with van der Waals surface area (Å²) in [6.07, 6.45) is 3.45. The van der Waals surface area contributed by atoms with Gasteiger partial charge in [-0.2, -0.15) is 0 Å². The van der Waals surface area contributed by atoms with Crippen molar-refractivity contribution in [2.45, 2.75) is 13.8 Å². The van der Waals surface area contributed by atoms with Crippen LogP contribution in [-0.2, 0) is 4.74 Å². The summed E-state index contributed by atoms with van der Waals surface area (Å²) in [5.41, 5.74) is 2.08. The molecule has 0 aliphatic heterocycles. The monoisotopic (exact) mass is 216 g/mol. The summed E-state index contributed by atoms with van der Waals surface area (Å²) in [5.74, 6) is -0.388. The maximum Gasteiger partial charge on any atom is 0.356 e. The lowest BCUT2D eigenvalue weighted by molar-refractivity contribution is 0.0520. The number of aryl methyl sites for hydroxylation is 1. The van der Waals surface area contributed by atoms with E-state index in [1.807, 2.05) is 13.0 Å². The minimum atomic E-state index is -0.388. The van der Waals surface area contributed by atoms with E-state index in [0.717, 1.165) is 16.5 Å². The van der Waals surface area contributed by atoms with Crippen LogP contribution in [0, 0.1) is 6.92 Å². The lowest BCUT2D eigenvalue weighted by atomic mass is 10.2. The maximum atomic E-state index is 11.5. The number of aromatic nitrogens is 2. The van der Waals surface area contributed by atoms with Crippen molar-refractivity contribution in [1.29, 1.82) is 0 Å².